The van der Waals surface area contributed by atoms with Crippen LogP contribution in [0.2, 0.25) is 0 Å². The predicted molar refractivity (Wildman–Crippen MR) is 52.3 cm³/mol. The van der Waals surface area contributed by atoms with Gasteiger partial charge in [0.2, 0.25) is 5.88 Å². The van der Waals surface area contributed by atoms with E-state index in [-0.39, 0.29) is 5.88 Å². The number of ether oxygens (including phenoxy) is 1. The molecule has 1 aromatic rings. The molecule has 0 saturated heterocycles. The third kappa shape index (κ3) is 3.99. The van der Waals surface area contributed by atoms with Crippen molar-refractivity contribution in [1.82, 2.24) is 4.98 Å². The van der Waals surface area contributed by atoms with Gasteiger partial charge in [0.25, 0.3) is 0 Å². The van der Waals surface area contributed by atoms with E-state index in [1.807, 2.05) is 6.26 Å². The smallest absolute Gasteiger partial charge is 0.422 e. The number of nitrogens with zero attached hydrogens (tertiary/aromatic N) is 1. The lowest BCUT2D eigenvalue weighted by molar-refractivity contribution is -0.154. The largest absolute Gasteiger partial charge is 0.468 e. The van der Waals surface area contributed by atoms with Crippen molar-refractivity contribution >= 4 is 11.8 Å². The van der Waals surface area contributed by atoms with Gasteiger partial charge in [0.15, 0.2) is 6.61 Å². The molecule has 0 radical (unpaired) electrons. The second kappa shape index (κ2) is 4.74. The Bertz CT molecular complexity index is 341. The van der Waals surface area contributed by atoms with Crippen LogP contribution >= 0.6 is 11.8 Å². The summed E-state index contributed by atoms with van der Waals surface area (Å²) >= 11 is 1.49. The molecule has 0 N–H and O–H groups in total. The molecule has 0 fully saturated rings. The number of thioether (sulfide) groups is 1. The summed E-state index contributed by atoms with van der Waals surface area (Å²) in [6.07, 6.45) is -0.945. The van der Waals surface area contributed by atoms with Crippen LogP contribution in [0.15, 0.2) is 17.2 Å². The zero-order chi connectivity index (χ0) is 11.5. The number of alkyl halides is 3. The van der Waals surface area contributed by atoms with Crippen molar-refractivity contribution < 1.29 is 17.9 Å². The molecule has 84 valence electrons. The van der Waals surface area contributed by atoms with Gasteiger partial charge in [0, 0.05) is 17.2 Å². The van der Waals surface area contributed by atoms with Crippen molar-refractivity contribution in [2.24, 2.45) is 0 Å². The Labute approximate surface area is 89.8 Å². The normalized spacial score (nSPS) is 11.5. The second-order valence-electron chi connectivity index (χ2n) is 2.90. The summed E-state index contributed by atoms with van der Waals surface area (Å²) in [4.78, 5) is 4.70. The van der Waals surface area contributed by atoms with Gasteiger partial charge in [-0.15, -0.1) is 11.8 Å². The van der Waals surface area contributed by atoms with Gasteiger partial charge in [-0.25, -0.2) is 4.98 Å². The average molecular weight is 237 g/mol. The van der Waals surface area contributed by atoms with Crippen LogP contribution in [0.1, 0.15) is 5.56 Å². The maximum atomic E-state index is 11.8. The first-order valence-corrected chi connectivity index (χ1v) is 5.35. The summed E-state index contributed by atoms with van der Waals surface area (Å²) in [6.45, 7) is 0.492. The summed E-state index contributed by atoms with van der Waals surface area (Å²) in [5.74, 6) is 0.00243. The molecule has 0 aromatic carbocycles. The Hall–Kier alpha value is -0.910. The van der Waals surface area contributed by atoms with Gasteiger partial charge in [-0.3, -0.25) is 0 Å². The van der Waals surface area contributed by atoms with Gasteiger partial charge in [-0.05, 0) is 18.7 Å². The van der Waals surface area contributed by atoms with Crippen molar-refractivity contribution in [3.05, 3.63) is 17.8 Å². The van der Waals surface area contributed by atoms with Crippen LogP contribution in [-0.4, -0.2) is 24.0 Å². The zero-order valence-corrected chi connectivity index (χ0v) is 9.08. The Morgan fingerprint density at radius 2 is 2.13 bits per heavy atom. The van der Waals surface area contributed by atoms with Crippen molar-refractivity contribution in [2.75, 3.05) is 12.9 Å². The summed E-state index contributed by atoms with van der Waals surface area (Å²) in [5, 5.41) is 0. The van der Waals surface area contributed by atoms with Gasteiger partial charge < -0.3 is 4.74 Å². The van der Waals surface area contributed by atoms with E-state index in [1.54, 1.807) is 6.92 Å². The van der Waals surface area contributed by atoms with Crippen LogP contribution in [0, 0.1) is 6.92 Å². The van der Waals surface area contributed by atoms with Crippen LogP contribution in [0.25, 0.3) is 0 Å². The van der Waals surface area contributed by atoms with E-state index in [2.05, 4.69) is 9.72 Å². The standard InChI is InChI=1S/C9H10F3NOS/c1-6-3-8(13-4-7(6)15-2)14-5-9(10,11)12/h3-4H,5H2,1-2H3. The number of pyridine rings is 1. The summed E-state index contributed by atoms with van der Waals surface area (Å²) < 4.78 is 40.0. The van der Waals surface area contributed by atoms with E-state index in [9.17, 15) is 13.2 Å². The molecule has 0 amide bonds. The number of hydrogen-bond donors (Lipinski definition) is 0. The lowest BCUT2D eigenvalue weighted by atomic mass is 10.3. The molecule has 0 aliphatic heterocycles. The zero-order valence-electron chi connectivity index (χ0n) is 8.26. The second-order valence-corrected chi connectivity index (χ2v) is 3.74. The minimum atomic E-state index is -4.33. The molecule has 15 heavy (non-hydrogen) atoms. The Morgan fingerprint density at radius 3 is 2.60 bits per heavy atom. The van der Waals surface area contributed by atoms with Gasteiger partial charge in [-0.1, -0.05) is 0 Å². The molecule has 0 unspecified atom stereocenters. The Kier molecular flexibility index (Phi) is 3.84. The van der Waals surface area contributed by atoms with Gasteiger partial charge in [0.1, 0.15) is 0 Å². The van der Waals surface area contributed by atoms with Gasteiger partial charge in [-0.2, -0.15) is 13.2 Å². The molecule has 0 aliphatic rings. The van der Waals surface area contributed by atoms with Gasteiger partial charge >= 0.3 is 6.18 Å². The predicted octanol–water partition coefficient (Wildman–Crippen LogP) is 3.05. The van der Waals surface area contributed by atoms with Crippen molar-refractivity contribution in [3.8, 4) is 5.88 Å². The van der Waals surface area contributed by atoms with Crippen LogP contribution in [0.5, 0.6) is 5.88 Å². The maximum absolute atomic E-state index is 11.8. The molecule has 1 rings (SSSR count). The van der Waals surface area contributed by atoms with E-state index >= 15 is 0 Å². The minimum Gasteiger partial charge on any atom is -0.468 e. The average Bonchev–Trinajstić information content (AvgIpc) is 2.14. The molecule has 1 aromatic heterocycles. The SMILES string of the molecule is CSc1cnc(OCC(F)(F)F)cc1C. The number of hydrogen-bond acceptors (Lipinski definition) is 3. The van der Waals surface area contributed by atoms with E-state index in [1.165, 1.54) is 24.0 Å². The monoisotopic (exact) mass is 237 g/mol. The van der Waals surface area contributed by atoms with Crippen molar-refractivity contribution in [3.63, 3.8) is 0 Å². The maximum Gasteiger partial charge on any atom is 0.422 e. The van der Waals surface area contributed by atoms with E-state index in [4.69, 9.17) is 0 Å². The molecule has 0 spiro atoms. The van der Waals surface area contributed by atoms with Gasteiger partial charge in [0.05, 0.1) is 0 Å². The van der Waals surface area contributed by atoms with Crippen LogP contribution in [0.4, 0.5) is 13.2 Å². The fraction of sp³-hybridized carbons (Fsp3) is 0.444. The van der Waals surface area contributed by atoms with Crippen molar-refractivity contribution in [2.45, 2.75) is 18.0 Å². The molecular formula is C9H10F3NOS. The highest BCUT2D eigenvalue weighted by Crippen LogP contribution is 2.23. The molecule has 0 aliphatic carbocycles. The topological polar surface area (TPSA) is 22.1 Å². The first kappa shape index (κ1) is 12.2. The number of aryl methyl sites for hydroxylation is 1. The number of aromatic nitrogens is 1. The molecule has 1 heterocycles. The summed E-state index contributed by atoms with van der Waals surface area (Å²) in [6, 6.07) is 1.50. The summed E-state index contributed by atoms with van der Waals surface area (Å²) in [5.41, 5.74) is 0.856. The van der Waals surface area contributed by atoms with E-state index in [0.717, 1.165) is 10.5 Å². The Balaban J connectivity index is 2.68. The highest BCUT2D eigenvalue weighted by atomic mass is 32.2. The fourth-order valence-corrected chi connectivity index (χ4v) is 1.51. The molecule has 0 atom stereocenters. The van der Waals surface area contributed by atoms with Crippen LogP contribution < -0.4 is 4.74 Å². The molecular weight excluding hydrogens is 227 g/mol. The van der Waals surface area contributed by atoms with E-state index < -0.39 is 12.8 Å². The molecule has 6 heteroatoms. The Morgan fingerprint density at radius 1 is 1.47 bits per heavy atom. The van der Waals surface area contributed by atoms with E-state index in [0.29, 0.717) is 0 Å². The minimum absolute atomic E-state index is 0.00243. The van der Waals surface area contributed by atoms with Crippen molar-refractivity contribution in [1.29, 1.82) is 0 Å². The lowest BCUT2D eigenvalue weighted by Crippen LogP contribution is -2.19. The number of rotatable bonds is 3. The quantitative estimate of drug-likeness (QED) is 0.754. The molecule has 0 bridgehead atoms. The first-order valence-electron chi connectivity index (χ1n) is 4.12. The molecule has 2 nitrogen and oxygen atoms in total. The highest BCUT2D eigenvalue weighted by Gasteiger charge is 2.28. The highest BCUT2D eigenvalue weighted by molar-refractivity contribution is 7.98. The first-order chi connectivity index (χ1) is 6.92. The fourth-order valence-electron chi connectivity index (χ4n) is 0.966. The third-order valence-corrected chi connectivity index (χ3v) is 2.51. The summed E-state index contributed by atoms with van der Waals surface area (Å²) in [7, 11) is 0. The third-order valence-electron chi connectivity index (χ3n) is 1.64. The van der Waals surface area contributed by atoms with Crippen LogP contribution in [-0.2, 0) is 0 Å². The number of halogens is 3. The molecule has 0 saturated carbocycles. The van der Waals surface area contributed by atoms with Crippen LogP contribution in [0.3, 0.4) is 0 Å². The lowest BCUT2D eigenvalue weighted by Gasteiger charge is -2.09.